The van der Waals surface area contributed by atoms with Gasteiger partial charge in [0.15, 0.2) is 0 Å². The van der Waals surface area contributed by atoms with Crippen LogP contribution in [-0.2, 0) is 4.74 Å². The Kier molecular flexibility index (Phi) is 2.98. The highest BCUT2D eigenvalue weighted by Crippen LogP contribution is 2.09. The second kappa shape index (κ2) is 4.21. The van der Waals surface area contributed by atoms with E-state index < -0.39 is 0 Å². The zero-order valence-corrected chi connectivity index (χ0v) is 7.51. The molecule has 0 bridgehead atoms. The number of nitrogens with one attached hydrogen (secondary N) is 2. The summed E-state index contributed by atoms with van der Waals surface area (Å²) in [4.78, 5) is 0. The van der Waals surface area contributed by atoms with Crippen molar-refractivity contribution in [3.8, 4) is 0 Å². The molecule has 1 unspecified atom stereocenters. The van der Waals surface area contributed by atoms with Crippen LogP contribution in [0.5, 0.6) is 0 Å². The Morgan fingerprint density at radius 2 is 2.33 bits per heavy atom. The minimum atomic E-state index is 0.645. The first-order chi connectivity index (χ1) is 5.95. The minimum Gasteiger partial charge on any atom is -0.378 e. The van der Waals surface area contributed by atoms with Gasteiger partial charge in [0, 0.05) is 0 Å². The molecule has 2 heterocycles. The minimum absolute atomic E-state index is 0.645. The maximum absolute atomic E-state index is 5.10. The zero-order chi connectivity index (χ0) is 8.23. The molecule has 2 saturated heterocycles. The van der Waals surface area contributed by atoms with Crippen molar-refractivity contribution in [2.24, 2.45) is 5.92 Å². The van der Waals surface area contributed by atoms with Gasteiger partial charge in [0.25, 0.3) is 0 Å². The lowest BCUT2D eigenvalue weighted by atomic mass is 9.99. The van der Waals surface area contributed by atoms with E-state index in [1.54, 1.807) is 0 Å². The Labute approximate surface area is 73.9 Å². The van der Waals surface area contributed by atoms with E-state index in [1.165, 1.54) is 32.5 Å². The van der Waals surface area contributed by atoms with Crippen molar-refractivity contribution in [3.05, 3.63) is 0 Å². The molecule has 0 radical (unpaired) electrons. The maximum atomic E-state index is 5.10. The second-order valence-corrected chi connectivity index (χ2v) is 3.86. The molecule has 0 aromatic heterocycles. The van der Waals surface area contributed by atoms with Crippen molar-refractivity contribution in [1.82, 2.24) is 10.6 Å². The van der Waals surface area contributed by atoms with Gasteiger partial charge in [-0.15, -0.1) is 0 Å². The Morgan fingerprint density at radius 1 is 1.42 bits per heavy atom. The highest BCUT2D eigenvalue weighted by Gasteiger charge is 2.19. The molecule has 0 aromatic carbocycles. The predicted molar refractivity (Wildman–Crippen MR) is 48.2 cm³/mol. The summed E-state index contributed by atoms with van der Waals surface area (Å²) in [5.41, 5.74) is 0. The summed E-state index contributed by atoms with van der Waals surface area (Å²) in [7, 11) is 0. The van der Waals surface area contributed by atoms with Crippen LogP contribution < -0.4 is 10.6 Å². The van der Waals surface area contributed by atoms with Crippen molar-refractivity contribution in [3.63, 3.8) is 0 Å². The molecule has 0 spiro atoms. The van der Waals surface area contributed by atoms with Crippen LogP contribution in [0.15, 0.2) is 0 Å². The molecule has 2 rings (SSSR count). The highest BCUT2D eigenvalue weighted by molar-refractivity contribution is 4.77. The van der Waals surface area contributed by atoms with Gasteiger partial charge < -0.3 is 15.4 Å². The number of piperidine rings is 1. The lowest BCUT2D eigenvalue weighted by Crippen LogP contribution is -2.49. The third-order valence-electron chi connectivity index (χ3n) is 2.73. The third kappa shape index (κ3) is 2.19. The summed E-state index contributed by atoms with van der Waals surface area (Å²) in [5, 5.41) is 6.95. The number of hydrogen-bond acceptors (Lipinski definition) is 3. The molecule has 2 N–H and O–H groups in total. The Hall–Kier alpha value is -0.120. The Balaban J connectivity index is 1.58. The topological polar surface area (TPSA) is 33.3 Å². The van der Waals surface area contributed by atoms with Gasteiger partial charge in [-0.1, -0.05) is 0 Å². The van der Waals surface area contributed by atoms with Crippen LogP contribution in [0, 0.1) is 5.92 Å². The molecule has 0 saturated carbocycles. The summed E-state index contributed by atoms with van der Waals surface area (Å²) in [6, 6.07) is 0.645. The van der Waals surface area contributed by atoms with E-state index in [1.807, 2.05) is 0 Å². The van der Waals surface area contributed by atoms with Gasteiger partial charge in [0.05, 0.1) is 19.3 Å². The molecule has 0 amide bonds. The van der Waals surface area contributed by atoms with E-state index in [0.717, 1.165) is 19.1 Å². The van der Waals surface area contributed by atoms with Crippen LogP contribution in [0.1, 0.15) is 12.8 Å². The van der Waals surface area contributed by atoms with E-state index >= 15 is 0 Å². The van der Waals surface area contributed by atoms with Crippen LogP contribution in [0.25, 0.3) is 0 Å². The first-order valence-corrected chi connectivity index (χ1v) is 4.97. The molecule has 1 atom stereocenters. The maximum Gasteiger partial charge on any atom is 0.0643 e. The average Bonchev–Trinajstić information content (AvgIpc) is 2.04. The predicted octanol–water partition coefficient (Wildman–Crippen LogP) is -0.0256. The Bertz CT molecular complexity index is 130. The molecule has 70 valence electrons. The van der Waals surface area contributed by atoms with Crippen LogP contribution in [0.4, 0.5) is 0 Å². The fourth-order valence-corrected chi connectivity index (χ4v) is 1.79. The van der Waals surface area contributed by atoms with Crippen LogP contribution >= 0.6 is 0 Å². The van der Waals surface area contributed by atoms with Gasteiger partial charge in [-0.25, -0.2) is 0 Å². The molecule has 0 aliphatic carbocycles. The van der Waals surface area contributed by atoms with E-state index in [0.29, 0.717) is 6.04 Å². The first-order valence-electron chi connectivity index (χ1n) is 4.97. The zero-order valence-electron chi connectivity index (χ0n) is 7.51. The van der Waals surface area contributed by atoms with Gasteiger partial charge in [0.2, 0.25) is 0 Å². The molecular formula is C9H18N2O. The van der Waals surface area contributed by atoms with Gasteiger partial charge >= 0.3 is 0 Å². The summed E-state index contributed by atoms with van der Waals surface area (Å²) in [5.74, 6) is 0.847. The summed E-state index contributed by atoms with van der Waals surface area (Å²) in [6.45, 7) is 5.41. The quantitative estimate of drug-likeness (QED) is 0.624. The van der Waals surface area contributed by atoms with Gasteiger partial charge in [0.1, 0.15) is 0 Å². The molecule has 0 aromatic rings. The first kappa shape index (κ1) is 8.48. The average molecular weight is 170 g/mol. The summed E-state index contributed by atoms with van der Waals surface area (Å²) in [6.07, 6.45) is 2.72. The van der Waals surface area contributed by atoms with E-state index in [4.69, 9.17) is 4.74 Å². The van der Waals surface area contributed by atoms with Crippen molar-refractivity contribution in [2.45, 2.75) is 18.9 Å². The van der Waals surface area contributed by atoms with Crippen molar-refractivity contribution >= 4 is 0 Å². The fraction of sp³-hybridized carbons (Fsp3) is 1.00. The molecule has 3 nitrogen and oxygen atoms in total. The van der Waals surface area contributed by atoms with Crippen molar-refractivity contribution < 1.29 is 4.74 Å². The van der Waals surface area contributed by atoms with Crippen molar-refractivity contribution in [2.75, 3.05) is 32.8 Å². The SMILES string of the molecule is C1CNCC(CNC2COC2)C1. The highest BCUT2D eigenvalue weighted by atomic mass is 16.5. The van der Waals surface area contributed by atoms with E-state index in [9.17, 15) is 0 Å². The van der Waals surface area contributed by atoms with Gasteiger partial charge in [-0.05, 0) is 38.4 Å². The standard InChI is InChI=1S/C9H18N2O/c1-2-8(4-10-3-1)5-11-9-6-12-7-9/h8-11H,1-7H2. The van der Waals surface area contributed by atoms with Crippen LogP contribution in [-0.4, -0.2) is 38.9 Å². The van der Waals surface area contributed by atoms with Crippen LogP contribution in [0.3, 0.4) is 0 Å². The largest absolute Gasteiger partial charge is 0.378 e. The number of rotatable bonds is 3. The third-order valence-corrected chi connectivity index (χ3v) is 2.73. The lowest BCUT2D eigenvalue weighted by molar-refractivity contribution is -0.00680. The summed E-state index contributed by atoms with van der Waals surface area (Å²) >= 11 is 0. The second-order valence-electron chi connectivity index (χ2n) is 3.86. The monoisotopic (exact) mass is 170 g/mol. The van der Waals surface area contributed by atoms with E-state index in [2.05, 4.69) is 10.6 Å². The molecule has 2 fully saturated rings. The lowest BCUT2D eigenvalue weighted by Gasteiger charge is -2.30. The Morgan fingerprint density at radius 3 is 2.92 bits per heavy atom. The van der Waals surface area contributed by atoms with Gasteiger partial charge in [-0.3, -0.25) is 0 Å². The van der Waals surface area contributed by atoms with Gasteiger partial charge in [-0.2, -0.15) is 0 Å². The molecule has 12 heavy (non-hydrogen) atoms. The molecule has 2 aliphatic heterocycles. The molecule has 2 aliphatic rings. The fourth-order valence-electron chi connectivity index (χ4n) is 1.79. The van der Waals surface area contributed by atoms with Crippen LogP contribution in [0.2, 0.25) is 0 Å². The normalized spacial score (nSPS) is 31.5. The van der Waals surface area contributed by atoms with Crippen molar-refractivity contribution in [1.29, 1.82) is 0 Å². The molecular weight excluding hydrogens is 152 g/mol. The van der Waals surface area contributed by atoms with E-state index in [-0.39, 0.29) is 0 Å². The number of hydrogen-bond donors (Lipinski definition) is 2. The smallest absolute Gasteiger partial charge is 0.0643 e. The number of ether oxygens (including phenoxy) is 1. The molecule has 3 heteroatoms. The summed E-state index contributed by atoms with van der Waals surface area (Å²) < 4.78 is 5.10.